The predicted molar refractivity (Wildman–Crippen MR) is 97.0 cm³/mol. The zero-order valence-corrected chi connectivity index (χ0v) is 14.8. The molecule has 0 spiro atoms. The Hall–Kier alpha value is -0.960. The molecular weight excluding hydrogens is 381 g/mol. The van der Waals surface area contributed by atoms with Gasteiger partial charge in [0.1, 0.15) is 0 Å². The summed E-state index contributed by atoms with van der Waals surface area (Å²) in [4.78, 5) is 0. The Kier molecular flexibility index (Phi) is 3.72. The third-order valence-electron chi connectivity index (χ3n) is 4.67. The zero-order valence-electron chi connectivity index (χ0n) is 11.7. The number of fused-ring (bicyclic) bond motifs is 3. The van der Waals surface area contributed by atoms with Gasteiger partial charge in [-0.1, -0.05) is 75.5 Å². The Morgan fingerprint density at radius 2 is 1.86 bits per heavy atom. The van der Waals surface area contributed by atoms with E-state index in [0.717, 1.165) is 16.6 Å². The first-order chi connectivity index (χ1) is 10.7. The monoisotopic (exact) mass is 393 g/mol. The van der Waals surface area contributed by atoms with Gasteiger partial charge in [0.25, 0.3) is 0 Å². The lowest BCUT2D eigenvalue weighted by molar-refractivity contribution is 0.424. The van der Waals surface area contributed by atoms with E-state index >= 15 is 0 Å². The number of benzene rings is 2. The SMILES string of the molecule is Clc1ccc2c(c1Cl)N[C@H](c1ccccc1Br)[C@@H]1CC=C[C@@H]21. The lowest BCUT2D eigenvalue weighted by Crippen LogP contribution is -2.29. The molecular formula is C18H14BrCl2N. The molecule has 1 N–H and O–H groups in total. The first kappa shape index (κ1) is 14.6. The molecule has 0 saturated heterocycles. The molecule has 4 heteroatoms. The fourth-order valence-corrected chi connectivity index (χ4v) is 4.55. The molecule has 0 radical (unpaired) electrons. The highest BCUT2D eigenvalue weighted by Crippen LogP contribution is 2.53. The summed E-state index contributed by atoms with van der Waals surface area (Å²) in [5.41, 5.74) is 3.49. The minimum atomic E-state index is 0.221. The Labute approximate surface area is 148 Å². The second-order valence-electron chi connectivity index (χ2n) is 5.82. The molecule has 112 valence electrons. The summed E-state index contributed by atoms with van der Waals surface area (Å²) in [5.74, 6) is 0.895. The van der Waals surface area contributed by atoms with E-state index in [4.69, 9.17) is 23.2 Å². The topological polar surface area (TPSA) is 12.0 Å². The Bertz CT molecular complexity index is 772. The van der Waals surface area contributed by atoms with Crippen LogP contribution in [-0.2, 0) is 0 Å². The molecule has 0 amide bonds. The highest BCUT2D eigenvalue weighted by atomic mass is 79.9. The van der Waals surface area contributed by atoms with Gasteiger partial charge in [-0.2, -0.15) is 0 Å². The van der Waals surface area contributed by atoms with Gasteiger partial charge in [0.2, 0.25) is 0 Å². The first-order valence-electron chi connectivity index (χ1n) is 7.32. The summed E-state index contributed by atoms with van der Waals surface area (Å²) in [5, 5.41) is 4.87. The molecule has 4 rings (SSSR count). The van der Waals surface area contributed by atoms with Crippen molar-refractivity contribution in [3.8, 4) is 0 Å². The van der Waals surface area contributed by atoms with E-state index in [0.29, 0.717) is 21.9 Å². The van der Waals surface area contributed by atoms with Crippen molar-refractivity contribution in [2.24, 2.45) is 5.92 Å². The van der Waals surface area contributed by atoms with E-state index in [9.17, 15) is 0 Å². The number of halogens is 3. The average Bonchev–Trinajstić information content (AvgIpc) is 3.00. The summed E-state index contributed by atoms with van der Waals surface area (Å²) in [7, 11) is 0. The molecule has 2 aliphatic rings. The Morgan fingerprint density at radius 3 is 2.68 bits per heavy atom. The maximum absolute atomic E-state index is 6.46. The molecule has 0 saturated carbocycles. The lowest BCUT2D eigenvalue weighted by Gasteiger charge is -2.38. The predicted octanol–water partition coefficient (Wildman–Crippen LogP) is 6.58. The van der Waals surface area contributed by atoms with E-state index in [1.165, 1.54) is 11.1 Å². The van der Waals surface area contributed by atoms with Gasteiger partial charge >= 0.3 is 0 Å². The fraction of sp³-hybridized carbons (Fsp3) is 0.222. The maximum Gasteiger partial charge on any atom is 0.0826 e. The third-order valence-corrected chi connectivity index (χ3v) is 6.19. The Morgan fingerprint density at radius 1 is 1.05 bits per heavy atom. The summed E-state index contributed by atoms with van der Waals surface area (Å²) >= 11 is 16.4. The van der Waals surface area contributed by atoms with Gasteiger partial charge in [-0.05, 0) is 35.6 Å². The molecule has 3 atom stereocenters. The van der Waals surface area contributed by atoms with Crippen LogP contribution in [0.15, 0.2) is 53.0 Å². The second kappa shape index (κ2) is 5.59. The number of nitrogens with one attached hydrogen (secondary N) is 1. The van der Waals surface area contributed by atoms with Crippen molar-refractivity contribution in [2.45, 2.75) is 18.4 Å². The number of hydrogen-bond acceptors (Lipinski definition) is 1. The van der Waals surface area contributed by atoms with Crippen molar-refractivity contribution in [2.75, 3.05) is 5.32 Å². The molecule has 2 aromatic rings. The van der Waals surface area contributed by atoms with Crippen molar-refractivity contribution in [3.63, 3.8) is 0 Å². The molecule has 1 nitrogen and oxygen atoms in total. The lowest BCUT2D eigenvalue weighted by atomic mass is 9.77. The van der Waals surface area contributed by atoms with Crippen LogP contribution in [0.4, 0.5) is 5.69 Å². The molecule has 0 fully saturated rings. The maximum atomic E-state index is 6.46. The highest BCUT2D eigenvalue weighted by Gasteiger charge is 2.39. The fourth-order valence-electron chi connectivity index (χ4n) is 3.64. The van der Waals surface area contributed by atoms with E-state index in [2.05, 4.69) is 57.7 Å². The summed E-state index contributed by atoms with van der Waals surface area (Å²) < 4.78 is 1.12. The van der Waals surface area contributed by atoms with Crippen molar-refractivity contribution in [3.05, 3.63) is 74.2 Å². The molecule has 0 aromatic heterocycles. The van der Waals surface area contributed by atoms with Crippen LogP contribution in [0.5, 0.6) is 0 Å². The Balaban J connectivity index is 1.87. The van der Waals surface area contributed by atoms with Crippen molar-refractivity contribution < 1.29 is 0 Å². The molecule has 1 aliphatic carbocycles. The summed E-state index contributed by atoms with van der Waals surface area (Å²) in [6.45, 7) is 0. The highest BCUT2D eigenvalue weighted by molar-refractivity contribution is 9.10. The van der Waals surface area contributed by atoms with Crippen LogP contribution in [0.3, 0.4) is 0 Å². The van der Waals surface area contributed by atoms with Crippen LogP contribution in [0, 0.1) is 5.92 Å². The van der Waals surface area contributed by atoms with E-state index < -0.39 is 0 Å². The minimum absolute atomic E-state index is 0.221. The van der Waals surface area contributed by atoms with Crippen LogP contribution in [0.2, 0.25) is 10.0 Å². The third kappa shape index (κ3) is 2.20. The van der Waals surface area contributed by atoms with Crippen molar-refractivity contribution >= 4 is 44.8 Å². The van der Waals surface area contributed by atoms with Crippen LogP contribution in [0.25, 0.3) is 0 Å². The van der Waals surface area contributed by atoms with Gasteiger partial charge < -0.3 is 5.32 Å². The van der Waals surface area contributed by atoms with Crippen LogP contribution in [0.1, 0.15) is 29.5 Å². The van der Waals surface area contributed by atoms with Crippen LogP contribution in [-0.4, -0.2) is 0 Å². The van der Waals surface area contributed by atoms with Crippen molar-refractivity contribution in [1.82, 2.24) is 0 Å². The van der Waals surface area contributed by atoms with E-state index in [1.54, 1.807) is 0 Å². The van der Waals surface area contributed by atoms with E-state index in [1.807, 2.05) is 12.1 Å². The number of hydrogen-bond donors (Lipinski definition) is 1. The molecule has 1 heterocycles. The minimum Gasteiger partial charge on any atom is -0.376 e. The average molecular weight is 395 g/mol. The van der Waals surface area contributed by atoms with Gasteiger partial charge in [0, 0.05) is 10.4 Å². The van der Waals surface area contributed by atoms with Gasteiger partial charge in [0.15, 0.2) is 0 Å². The van der Waals surface area contributed by atoms with Crippen molar-refractivity contribution in [1.29, 1.82) is 0 Å². The van der Waals surface area contributed by atoms with Gasteiger partial charge in [0.05, 0.1) is 21.8 Å². The molecule has 0 bridgehead atoms. The number of allylic oxidation sites excluding steroid dienone is 2. The van der Waals surface area contributed by atoms with Crippen LogP contribution < -0.4 is 5.32 Å². The zero-order chi connectivity index (χ0) is 15.3. The smallest absolute Gasteiger partial charge is 0.0826 e. The molecule has 0 unspecified atom stereocenters. The molecule has 1 aliphatic heterocycles. The number of rotatable bonds is 1. The quantitative estimate of drug-likeness (QED) is 0.538. The standard InChI is InChI=1S/C18H14BrCl2N/c19-14-7-2-1-4-13(14)17-11-6-3-5-10(11)12-8-9-15(20)16(21)18(12)22-17/h1-5,7-11,17,22H,6H2/t10-,11-,17+/m1/s1. The van der Waals surface area contributed by atoms with Gasteiger partial charge in [-0.3, -0.25) is 0 Å². The molecule has 2 aromatic carbocycles. The van der Waals surface area contributed by atoms with Gasteiger partial charge in [-0.15, -0.1) is 0 Å². The normalized spacial score (nSPS) is 25.5. The molecule has 22 heavy (non-hydrogen) atoms. The largest absolute Gasteiger partial charge is 0.376 e. The number of anilines is 1. The summed E-state index contributed by atoms with van der Waals surface area (Å²) in [6, 6.07) is 12.6. The van der Waals surface area contributed by atoms with Crippen LogP contribution >= 0.6 is 39.1 Å². The van der Waals surface area contributed by atoms with Gasteiger partial charge in [-0.25, -0.2) is 0 Å². The first-order valence-corrected chi connectivity index (χ1v) is 8.87. The summed E-state index contributed by atoms with van der Waals surface area (Å²) in [6.07, 6.45) is 5.65. The second-order valence-corrected chi connectivity index (χ2v) is 7.46. The van der Waals surface area contributed by atoms with E-state index in [-0.39, 0.29) is 6.04 Å².